The van der Waals surface area contributed by atoms with Crippen molar-refractivity contribution in [1.29, 1.82) is 0 Å². The van der Waals surface area contributed by atoms with Gasteiger partial charge in [-0.1, -0.05) is 0 Å². The van der Waals surface area contributed by atoms with Gasteiger partial charge in [0.25, 0.3) is 6.47 Å². The van der Waals surface area contributed by atoms with Crippen molar-refractivity contribution in [3.8, 4) is 0 Å². The maximum atomic E-state index is 11.0. The smallest absolute Gasteiger partial charge is 0.303 e. The third-order valence-electron chi connectivity index (χ3n) is 2.48. The van der Waals surface area contributed by atoms with Crippen molar-refractivity contribution in [2.45, 2.75) is 44.9 Å². The molecule has 19 heavy (non-hydrogen) atoms. The van der Waals surface area contributed by atoms with Crippen molar-refractivity contribution >= 4 is 18.4 Å². The fourth-order valence-corrected chi connectivity index (χ4v) is 1.79. The third-order valence-corrected chi connectivity index (χ3v) is 2.48. The van der Waals surface area contributed by atoms with Crippen molar-refractivity contribution in [2.24, 2.45) is 0 Å². The minimum absolute atomic E-state index is 0.0345. The molecule has 0 spiro atoms. The van der Waals surface area contributed by atoms with Gasteiger partial charge in [0.05, 0.1) is 0 Å². The number of aliphatic hydroxyl groups excluding tert-OH is 1. The average Bonchev–Trinajstić information content (AvgIpc) is 2.30. The maximum Gasteiger partial charge on any atom is 0.303 e. The van der Waals surface area contributed by atoms with Crippen LogP contribution in [-0.2, 0) is 33.3 Å². The minimum Gasteiger partial charge on any atom is -0.463 e. The summed E-state index contributed by atoms with van der Waals surface area (Å²) < 4.78 is 19.7. The van der Waals surface area contributed by atoms with Gasteiger partial charge in [-0.25, -0.2) is 0 Å². The van der Waals surface area contributed by atoms with Gasteiger partial charge in [-0.05, 0) is 0 Å². The average molecular weight is 276 g/mol. The lowest BCUT2D eigenvalue weighted by molar-refractivity contribution is -0.250. The molecule has 0 aromatic rings. The molecule has 0 radical (unpaired) electrons. The van der Waals surface area contributed by atoms with Crippen LogP contribution >= 0.6 is 0 Å². The van der Waals surface area contributed by atoms with Crippen LogP contribution < -0.4 is 0 Å². The SMILES string of the molecule is CC(=O)OC[C@H]1OC(O)C[C@@H](OC=O)[C@H]1OC(C)=O. The lowest BCUT2D eigenvalue weighted by atomic mass is 10.0. The molecule has 8 nitrogen and oxygen atoms in total. The molecular formula is C11H16O8. The molecule has 1 N–H and O–H groups in total. The summed E-state index contributed by atoms with van der Waals surface area (Å²) in [6.45, 7) is 2.37. The molecule has 108 valence electrons. The molecule has 1 aliphatic rings. The molecule has 1 fully saturated rings. The number of hydrogen-bond donors (Lipinski definition) is 1. The van der Waals surface area contributed by atoms with Crippen molar-refractivity contribution in [1.82, 2.24) is 0 Å². The number of carbonyl (C=O) groups excluding carboxylic acids is 3. The zero-order chi connectivity index (χ0) is 14.4. The highest BCUT2D eigenvalue weighted by molar-refractivity contribution is 5.66. The van der Waals surface area contributed by atoms with Crippen LogP contribution in [0, 0.1) is 0 Å². The normalized spacial score (nSPS) is 30.3. The molecule has 1 aliphatic heterocycles. The van der Waals surface area contributed by atoms with Gasteiger partial charge in [-0.15, -0.1) is 0 Å². The first kappa shape index (κ1) is 15.4. The molecule has 4 atom stereocenters. The highest BCUT2D eigenvalue weighted by atomic mass is 16.7. The fraction of sp³-hybridized carbons (Fsp3) is 0.727. The van der Waals surface area contributed by atoms with E-state index in [-0.39, 0.29) is 19.5 Å². The van der Waals surface area contributed by atoms with E-state index in [9.17, 15) is 19.5 Å². The second-order valence-electron chi connectivity index (χ2n) is 4.01. The number of hydrogen-bond acceptors (Lipinski definition) is 8. The van der Waals surface area contributed by atoms with E-state index in [1.807, 2.05) is 0 Å². The summed E-state index contributed by atoms with van der Waals surface area (Å²) in [4.78, 5) is 32.2. The van der Waals surface area contributed by atoms with Crippen LogP contribution in [0.5, 0.6) is 0 Å². The van der Waals surface area contributed by atoms with Crippen molar-refractivity contribution < 1.29 is 38.4 Å². The van der Waals surface area contributed by atoms with Crippen LogP contribution in [0.15, 0.2) is 0 Å². The lowest BCUT2D eigenvalue weighted by Gasteiger charge is -2.37. The van der Waals surface area contributed by atoms with E-state index in [0.717, 1.165) is 0 Å². The molecule has 0 bridgehead atoms. The fourth-order valence-electron chi connectivity index (χ4n) is 1.79. The van der Waals surface area contributed by atoms with Gasteiger partial charge in [-0.3, -0.25) is 14.4 Å². The first-order chi connectivity index (χ1) is 8.93. The van der Waals surface area contributed by atoms with Gasteiger partial charge in [0.1, 0.15) is 18.8 Å². The Kier molecular flexibility index (Phi) is 5.71. The summed E-state index contributed by atoms with van der Waals surface area (Å²) in [5.74, 6) is -1.14. The topological polar surface area (TPSA) is 108 Å². The summed E-state index contributed by atoms with van der Waals surface area (Å²) in [6.07, 6.45) is -3.93. The van der Waals surface area contributed by atoms with Crippen LogP contribution in [0.4, 0.5) is 0 Å². The molecule has 0 aromatic carbocycles. The van der Waals surface area contributed by atoms with E-state index in [0.29, 0.717) is 0 Å². The van der Waals surface area contributed by atoms with E-state index < -0.39 is 36.5 Å². The molecule has 1 saturated heterocycles. The van der Waals surface area contributed by atoms with E-state index in [2.05, 4.69) is 0 Å². The Morgan fingerprint density at radius 3 is 2.58 bits per heavy atom. The Bertz CT molecular complexity index is 342. The van der Waals surface area contributed by atoms with Crippen molar-refractivity contribution in [2.75, 3.05) is 6.61 Å². The summed E-state index contributed by atoms with van der Waals surface area (Å²) in [5, 5.41) is 9.49. The Balaban J connectivity index is 2.77. The van der Waals surface area contributed by atoms with E-state index in [1.165, 1.54) is 13.8 Å². The van der Waals surface area contributed by atoms with Crippen LogP contribution in [-0.4, -0.2) is 54.7 Å². The Morgan fingerprint density at radius 2 is 2.05 bits per heavy atom. The lowest BCUT2D eigenvalue weighted by Crippen LogP contribution is -2.53. The number of ether oxygens (including phenoxy) is 4. The van der Waals surface area contributed by atoms with E-state index in [1.54, 1.807) is 0 Å². The predicted octanol–water partition coefficient (Wildman–Crippen LogP) is -0.870. The molecule has 0 aromatic heterocycles. The standard InChI is InChI=1S/C11H16O8/c1-6(13)16-4-9-11(18-7(2)14)8(17-5-12)3-10(15)19-9/h5,8-11,15H,3-4H2,1-2H3/t8-,9-,10?,11-/m1/s1. The highest BCUT2D eigenvalue weighted by Crippen LogP contribution is 2.24. The zero-order valence-electron chi connectivity index (χ0n) is 10.6. The van der Waals surface area contributed by atoms with E-state index in [4.69, 9.17) is 18.9 Å². The molecule has 0 amide bonds. The second kappa shape index (κ2) is 7.05. The van der Waals surface area contributed by atoms with Gasteiger partial charge in [0.15, 0.2) is 12.4 Å². The Morgan fingerprint density at radius 1 is 1.37 bits per heavy atom. The zero-order valence-corrected chi connectivity index (χ0v) is 10.6. The number of esters is 2. The molecule has 0 saturated carbocycles. The summed E-state index contributed by atoms with van der Waals surface area (Å²) in [6, 6.07) is 0. The summed E-state index contributed by atoms with van der Waals surface area (Å²) >= 11 is 0. The molecule has 8 heteroatoms. The molecule has 1 heterocycles. The maximum absolute atomic E-state index is 11.0. The molecule has 1 unspecified atom stereocenters. The monoisotopic (exact) mass is 276 g/mol. The number of aliphatic hydroxyl groups is 1. The van der Waals surface area contributed by atoms with Gasteiger partial charge in [0, 0.05) is 20.3 Å². The van der Waals surface area contributed by atoms with Gasteiger partial charge < -0.3 is 24.1 Å². The van der Waals surface area contributed by atoms with Gasteiger partial charge in [-0.2, -0.15) is 0 Å². The van der Waals surface area contributed by atoms with Crippen LogP contribution in [0.3, 0.4) is 0 Å². The predicted molar refractivity (Wildman–Crippen MR) is 58.6 cm³/mol. The largest absolute Gasteiger partial charge is 0.463 e. The highest BCUT2D eigenvalue weighted by Gasteiger charge is 2.42. The van der Waals surface area contributed by atoms with Crippen molar-refractivity contribution in [3.05, 3.63) is 0 Å². The van der Waals surface area contributed by atoms with E-state index >= 15 is 0 Å². The second-order valence-corrected chi connectivity index (χ2v) is 4.01. The van der Waals surface area contributed by atoms with Gasteiger partial charge in [0.2, 0.25) is 0 Å². The van der Waals surface area contributed by atoms with Crippen molar-refractivity contribution in [3.63, 3.8) is 0 Å². The van der Waals surface area contributed by atoms with Crippen LogP contribution in [0.1, 0.15) is 20.3 Å². The molecular weight excluding hydrogens is 260 g/mol. The molecule has 1 rings (SSSR count). The van der Waals surface area contributed by atoms with Gasteiger partial charge >= 0.3 is 11.9 Å². The quantitative estimate of drug-likeness (QED) is 0.392. The Labute approximate surface area is 109 Å². The third kappa shape index (κ3) is 4.84. The number of rotatable bonds is 5. The summed E-state index contributed by atoms with van der Waals surface area (Å²) in [7, 11) is 0. The first-order valence-corrected chi connectivity index (χ1v) is 5.67. The molecule has 0 aliphatic carbocycles. The summed E-state index contributed by atoms with van der Waals surface area (Å²) in [5.41, 5.74) is 0. The number of carbonyl (C=O) groups is 3. The van der Waals surface area contributed by atoms with Crippen LogP contribution in [0.25, 0.3) is 0 Å². The first-order valence-electron chi connectivity index (χ1n) is 5.67. The van der Waals surface area contributed by atoms with Crippen LogP contribution in [0.2, 0.25) is 0 Å². The Hall–Kier alpha value is -1.67. The minimum atomic E-state index is -1.20.